The van der Waals surface area contributed by atoms with Gasteiger partial charge in [-0.1, -0.05) is 30.3 Å². The van der Waals surface area contributed by atoms with Crippen molar-refractivity contribution in [1.82, 2.24) is 9.78 Å². The highest BCUT2D eigenvalue weighted by Gasteiger charge is 2.31. The molecule has 25 heavy (non-hydrogen) atoms. The van der Waals surface area contributed by atoms with Gasteiger partial charge in [0.1, 0.15) is 5.75 Å². The first-order valence-corrected chi connectivity index (χ1v) is 8.48. The third-order valence-corrected chi connectivity index (χ3v) is 4.89. The van der Waals surface area contributed by atoms with E-state index in [2.05, 4.69) is 17.2 Å². The molecule has 1 aliphatic carbocycles. The molecule has 4 nitrogen and oxygen atoms in total. The number of hydrogen-bond acceptors (Lipinski definition) is 3. The van der Waals surface area contributed by atoms with Crippen molar-refractivity contribution in [1.29, 1.82) is 0 Å². The molecular formula is C21H20N2O2. The van der Waals surface area contributed by atoms with Crippen LogP contribution in [0.1, 0.15) is 39.6 Å². The maximum absolute atomic E-state index is 12.8. The Morgan fingerprint density at radius 1 is 1.04 bits per heavy atom. The number of methoxy groups -OCH3 is 1. The van der Waals surface area contributed by atoms with Crippen LogP contribution in [0, 0.1) is 6.92 Å². The van der Waals surface area contributed by atoms with Crippen LogP contribution in [0.2, 0.25) is 0 Å². The van der Waals surface area contributed by atoms with E-state index in [1.54, 1.807) is 7.11 Å². The van der Waals surface area contributed by atoms with Crippen molar-refractivity contribution in [2.75, 3.05) is 7.11 Å². The van der Waals surface area contributed by atoms with Crippen LogP contribution in [-0.4, -0.2) is 22.7 Å². The SMILES string of the molecule is COc1ccc(-n2nc(C)c3c2CC(c2ccccc2)CC3=O)cc1. The molecule has 0 amide bonds. The topological polar surface area (TPSA) is 44.1 Å². The third kappa shape index (κ3) is 2.74. The van der Waals surface area contributed by atoms with E-state index in [-0.39, 0.29) is 11.7 Å². The van der Waals surface area contributed by atoms with Crippen molar-refractivity contribution in [3.05, 3.63) is 77.1 Å². The normalized spacial score (nSPS) is 16.6. The lowest BCUT2D eigenvalue weighted by molar-refractivity contribution is 0.0963. The molecule has 0 fully saturated rings. The zero-order valence-corrected chi connectivity index (χ0v) is 14.4. The Labute approximate surface area is 147 Å². The second-order valence-electron chi connectivity index (χ2n) is 6.46. The maximum atomic E-state index is 12.8. The van der Waals surface area contributed by atoms with Crippen molar-refractivity contribution < 1.29 is 9.53 Å². The first-order chi connectivity index (χ1) is 12.2. The number of Topliss-reactive ketones (excluding diaryl/α,β-unsaturated/α-hetero) is 1. The molecule has 1 atom stereocenters. The second-order valence-corrected chi connectivity index (χ2v) is 6.46. The Morgan fingerprint density at radius 2 is 1.76 bits per heavy atom. The number of ketones is 1. The Balaban J connectivity index is 1.77. The van der Waals surface area contributed by atoms with Crippen LogP contribution < -0.4 is 4.74 Å². The molecule has 1 heterocycles. The summed E-state index contributed by atoms with van der Waals surface area (Å²) in [5.74, 6) is 1.20. The van der Waals surface area contributed by atoms with E-state index in [0.717, 1.165) is 34.8 Å². The summed E-state index contributed by atoms with van der Waals surface area (Å²) in [7, 11) is 1.65. The van der Waals surface area contributed by atoms with E-state index >= 15 is 0 Å². The van der Waals surface area contributed by atoms with Gasteiger partial charge in [-0.05, 0) is 49.1 Å². The van der Waals surface area contributed by atoms with Crippen molar-refractivity contribution in [3.63, 3.8) is 0 Å². The van der Waals surface area contributed by atoms with Crippen molar-refractivity contribution in [2.24, 2.45) is 0 Å². The van der Waals surface area contributed by atoms with Gasteiger partial charge in [-0.2, -0.15) is 5.10 Å². The number of carbonyl (C=O) groups is 1. The van der Waals surface area contributed by atoms with Gasteiger partial charge in [0.25, 0.3) is 0 Å². The van der Waals surface area contributed by atoms with Crippen LogP contribution in [0.3, 0.4) is 0 Å². The minimum atomic E-state index is 0.187. The van der Waals surface area contributed by atoms with Crippen LogP contribution in [-0.2, 0) is 6.42 Å². The molecule has 0 saturated heterocycles. The van der Waals surface area contributed by atoms with Crippen molar-refractivity contribution in [3.8, 4) is 11.4 Å². The van der Waals surface area contributed by atoms with E-state index in [1.165, 1.54) is 5.56 Å². The molecular weight excluding hydrogens is 312 g/mol. The molecule has 0 saturated carbocycles. The number of ether oxygens (including phenoxy) is 1. The lowest BCUT2D eigenvalue weighted by Crippen LogP contribution is -2.20. The molecule has 1 unspecified atom stereocenters. The van der Waals surface area contributed by atoms with Gasteiger partial charge in [0.2, 0.25) is 0 Å². The predicted octanol–water partition coefficient (Wildman–Crippen LogP) is 4.10. The molecule has 2 aromatic carbocycles. The lowest BCUT2D eigenvalue weighted by atomic mass is 9.81. The third-order valence-electron chi connectivity index (χ3n) is 4.89. The monoisotopic (exact) mass is 332 g/mol. The summed E-state index contributed by atoms with van der Waals surface area (Å²) in [6.07, 6.45) is 1.37. The highest BCUT2D eigenvalue weighted by atomic mass is 16.5. The fourth-order valence-corrected chi connectivity index (χ4v) is 3.66. The van der Waals surface area contributed by atoms with E-state index in [9.17, 15) is 4.79 Å². The Bertz CT molecular complexity index is 911. The van der Waals surface area contributed by atoms with Gasteiger partial charge in [-0.3, -0.25) is 4.79 Å². The lowest BCUT2D eigenvalue weighted by Gasteiger charge is -2.23. The standard InChI is InChI=1S/C21H20N2O2/c1-14-21-19(23(22-14)17-8-10-18(25-2)11-9-17)12-16(13-20(21)24)15-6-4-3-5-7-15/h3-11,16H,12-13H2,1-2H3. The largest absolute Gasteiger partial charge is 0.497 e. The van der Waals surface area contributed by atoms with Crippen LogP contribution in [0.15, 0.2) is 54.6 Å². The molecule has 0 aliphatic heterocycles. The van der Waals surface area contributed by atoms with Crippen LogP contribution in [0.5, 0.6) is 5.75 Å². The van der Waals surface area contributed by atoms with Gasteiger partial charge in [0.15, 0.2) is 5.78 Å². The van der Waals surface area contributed by atoms with Gasteiger partial charge in [-0.15, -0.1) is 0 Å². The fraction of sp³-hybridized carbons (Fsp3) is 0.238. The first-order valence-electron chi connectivity index (χ1n) is 8.48. The average Bonchev–Trinajstić information content (AvgIpc) is 2.99. The van der Waals surface area contributed by atoms with E-state index in [0.29, 0.717) is 6.42 Å². The number of nitrogens with zero attached hydrogens (tertiary/aromatic N) is 2. The molecule has 0 radical (unpaired) electrons. The van der Waals surface area contributed by atoms with Crippen LogP contribution >= 0.6 is 0 Å². The molecule has 0 N–H and O–H groups in total. The highest BCUT2D eigenvalue weighted by Crippen LogP contribution is 2.35. The van der Waals surface area contributed by atoms with Gasteiger partial charge < -0.3 is 4.74 Å². The fourth-order valence-electron chi connectivity index (χ4n) is 3.66. The summed E-state index contributed by atoms with van der Waals surface area (Å²) < 4.78 is 7.14. The van der Waals surface area contributed by atoms with Gasteiger partial charge in [0, 0.05) is 6.42 Å². The number of fused-ring (bicyclic) bond motifs is 1. The highest BCUT2D eigenvalue weighted by molar-refractivity contribution is 6.00. The summed E-state index contributed by atoms with van der Waals surface area (Å²) >= 11 is 0. The number of carbonyl (C=O) groups excluding carboxylic acids is 1. The predicted molar refractivity (Wildman–Crippen MR) is 96.7 cm³/mol. The van der Waals surface area contributed by atoms with Crippen LogP contribution in [0.25, 0.3) is 5.69 Å². The van der Waals surface area contributed by atoms with E-state index in [1.807, 2.05) is 54.1 Å². The molecule has 0 spiro atoms. The number of benzene rings is 2. The minimum absolute atomic E-state index is 0.187. The summed E-state index contributed by atoms with van der Waals surface area (Å²) in [5, 5.41) is 4.65. The molecule has 1 aliphatic rings. The van der Waals surface area contributed by atoms with E-state index < -0.39 is 0 Å². The van der Waals surface area contributed by atoms with Gasteiger partial charge in [-0.25, -0.2) is 4.68 Å². The van der Waals surface area contributed by atoms with Crippen molar-refractivity contribution in [2.45, 2.75) is 25.7 Å². The van der Waals surface area contributed by atoms with Gasteiger partial charge in [0.05, 0.1) is 29.7 Å². The number of rotatable bonds is 3. The molecule has 4 rings (SSSR count). The maximum Gasteiger partial charge on any atom is 0.167 e. The summed E-state index contributed by atoms with van der Waals surface area (Å²) in [4.78, 5) is 12.8. The molecule has 4 heteroatoms. The Kier molecular flexibility index (Phi) is 3.88. The average molecular weight is 332 g/mol. The molecule has 1 aromatic heterocycles. The summed E-state index contributed by atoms with van der Waals surface area (Å²) in [5.41, 5.74) is 4.77. The Morgan fingerprint density at radius 3 is 2.44 bits per heavy atom. The zero-order valence-electron chi connectivity index (χ0n) is 14.4. The molecule has 0 bridgehead atoms. The second kappa shape index (κ2) is 6.20. The van der Waals surface area contributed by atoms with E-state index in [4.69, 9.17) is 4.74 Å². The summed E-state index contributed by atoms with van der Waals surface area (Å²) in [6.45, 7) is 1.92. The summed E-state index contributed by atoms with van der Waals surface area (Å²) in [6, 6.07) is 18.0. The number of aryl methyl sites for hydroxylation is 1. The molecule has 3 aromatic rings. The van der Waals surface area contributed by atoms with Gasteiger partial charge >= 0.3 is 0 Å². The molecule has 126 valence electrons. The quantitative estimate of drug-likeness (QED) is 0.725. The number of aromatic nitrogens is 2. The van der Waals surface area contributed by atoms with Crippen molar-refractivity contribution >= 4 is 5.78 Å². The smallest absolute Gasteiger partial charge is 0.167 e. The number of hydrogen-bond donors (Lipinski definition) is 0. The minimum Gasteiger partial charge on any atom is -0.497 e. The zero-order chi connectivity index (χ0) is 17.4. The van der Waals surface area contributed by atoms with Crippen LogP contribution in [0.4, 0.5) is 0 Å². The first kappa shape index (κ1) is 15.6. The Hall–Kier alpha value is -2.88.